The Labute approximate surface area is 119 Å². The van der Waals surface area contributed by atoms with Gasteiger partial charge in [0.15, 0.2) is 0 Å². The monoisotopic (exact) mass is 278 g/mol. The fourth-order valence-electron chi connectivity index (χ4n) is 1.86. The van der Waals surface area contributed by atoms with E-state index in [9.17, 15) is 9.59 Å². The average Bonchev–Trinajstić information content (AvgIpc) is 2.34. The largest absolute Gasteiger partial charge is 0.495 e. The molecular formula is C15H22N2O3. The maximum Gasteiger partial charge on any atom is 0.257 e. The number of nitrogens with zero attached hydrogens (tertiary/aromatic N) is 1. The number of carbonyl (C=O) groups excluding carboxylic acids is 2. The molecule has 0 bridgehead atoms. The first-order chi connectivity index (χ1) is 9.09. The van der Waals surface area contributed by atoms with E-state index in [1.165, 1.54) is 12.0 Å². The van der Waals surface area contributed by atoms with Gasteiger partial charge in [0.1, 0.15) is 5.75 Å². The highest BCUT2D eigenvalue weighted by molar-refractivity contribution is 6.03. The maximum atomic E-state index is 12.3. The minimum Gasteiger partial charge on any atom is -0.495 e. The van der Waals surface area contributed by atoms with Gasteiger partial charge >= 0.3 is 0 Å². The third kappa shape index (κ3) is 3.10. The smallest absolute Gasteiger partial charge is 0.257 e. The van der Waals surface area contributed by atoms with Gasteiger partial charge in [-0.2, -0.15) is 0 Å². The predicted molar refractivity (Wildman–Crippen MR) is 78.2 cm³/mol. The molecule has 0 saturated heterocycles. The standard InChI is InChI=1S/C15H22N2O3/c1-15(2,3)9-7-10(13(16)18)12(20-6)11(8-9)14(19)17(4)5/h7-8H,1-6H3,(H2,16,18). The second-order valence-corrected chi connectivity index (χ2v) is 5.92. The molecule has 20 heavy (non-hydrogen) atoms. The predicted octanol–water partition coefficient (Wildman–Crippen LogP) is 1.79. The summed E-state index contributed by atoms with van der Waals surface area (Å²) in [6, 6.07) is 3.45. The molecule has 0 aliphatic rings. The quantitative estimate of drug-likeness (QED) is 0.916. The van der Waals surface area contributed by atoms with Crippen molar-refractivity contribution in [1.82, 2.24) is 4.90 Å². The molecule has 5 heteroatoms. The van der Waals surface area contributed by atoms with Gasteiger partial charge in [0.2, 0.25) is 0 Å². The highest BCUT2D eigenvalue weighted by Crippen LogP contribution is 2.32. The van der Waals surface area contributed by atoms with Crippen LogP contribution in [-0.2, 0) is 5.41 Å². The second-order valence-electron chi connectivity index (χ2n) is 5.92. The number of primary amides is 1. The summed E-state index contributed by atoms with van der Waals surface area (Å²) in [6.45, 7) is 6.01. The lowest BCUT2D eigenvalue weighted by Gasteiger charge is -2.23. The normalized spacial score (nSPS) is 11.1. The van der Waals surface area contributed by atoms with Gasteiger partial charge in [-0.05, 0) is 23.1 Å². The van der Waals surface area contributed by atoms with E-state index in [2.05, 4.69) is 0 Å². The van der Waals surface area contributed by atoms with E-state index in [0.717, 1.165) is 5.56 Å². The van der Waals surface area contributed by atoms with Crippen molar-refractivity contribution < 1.29 is 14.3 Å². The molecule has 0 spiro atoms. The number of methoxy groups -OCH3 is 1. The summed E-state index contributed by atoms with van der Waals surface area (Å²) < 4.78 is 5.23. The Morgan fingerprint density at radius 1 is 1.15 bits per heavy atom. The van der Waals surface area contributed by atoms with Crippen molar-refractivity contribution in [1.29, 1.82) is 0 Å². The highest BCUT2D eigenvalue weighted by atomic mass is 16.5. The van der Waals surface area contributed by atoms with E-state index >= 15 is 0 Å². The molecule has 1 aromatic rings. The lowest BCUT2D eigenvalue weighted by molar-refractivity contribution is 0.0824. The molecule has 0 aliphatic heterocycles. The molecule has 0 radical (unpaired) electrons. The van der Waals surface area contributed by atoms with E-state index < -0.39 is 5.91 Å². The Bertz CT molecular complexity index is 543. The zero-order valence-corrected chi connectivity index (χ0v) is 12.9. The zero-order chi connectivity index (χ0) is 15.7. The summed E-state index contributed by atoms with van der Waals surface area (Å²) in [4.78, 5) is 25.3. The molecule has 5 nitrogen and oxygen atoms in total. The first kappa shape index (κ1) is 16.0. The first-order valence-corrected chi connectivity index (χ1v) is 6.33. The van der Waals surface area contributed by atoms with Crippen LogP contribution in [0.25, 0.3) is 0 Å². The number of ether oxygens (including phenoxy) is 1. The molecule has 2 amide bonds. The van der Waals surface area contributed by atoms with Crippen LogP contribution in [-0.4, -0.2) is 37.9 Å². The topological polar surface area (TPSA) is 72.6 Å². The van der Waals surface area contributed by atoms with Crippen LogP contribution >= 0.6 is 0 Å². The number of benzene rings is 1. The lowest BCUT2D eigenvalue weighted by Crippen LogP contribution is -2.25. The lowest BCUT2D eigenvalue weighted by atomic mass is 9.84. The fraction of sp³-hybridized carbons (Fsp3) is 0.467. The molecular weight excluding hydrogens is 256 g/mol. The van der Waals surface area contributed by atoms with E-state index in [1.54, 1.807) is 26.2 Å². The second kappa shape index (κ2) is 5.53. The van der Waals surface area contributed by atoms with Crippen LogP contribution in [0.5, 0.6) is 5.75 Å². The van der Waals surface area contributed by atoms with Crippen molar-refractivity contribution in [2.75, 3.05) is 21.2 Å². The highest BCUT2D eigenvalue weighted by Gasteiger charge is 2.25. The van der Waals surface area contributed by atoms with E-state index in [0.29, 0.717) is 5.56 Å². The Kier molecular flexibility index (Phi) is 4.43. The molecule has 110 valence electrons. The van der Waals surface area contributed by atoms with Crippen molar-refractivity contribution in [3.63, 3.8) is 0 Å². The number of rotatable bonds is 3. The van der Waals surface area contributed by atoms with Crippen molar-refractivity contribution in [3.05, 3.63) is 28.8 Å². The van der Waals surface area contributed by atoms with Crippen LogP contribution in [0.15, 0.2) is 12.1 Å². The number of hydrogen-bond donors (Lipinski definition) is 1. The Morgan fingerprint density at radius 3 is 2.00 bits per heavy atom. The molecule has 2 N–H and O–H groups in total. The van der Waals surface area contributed by atoms with E-state index in [4.69, 9.17) is 10.5 Å². The van der Waals surface area contributed by atoms with Gasteiger partial charge in [-0.1, -0.05) is 20.8 Å². The van der Waals surface area contributed by atoms with Gasteiger partial charge < -0.3 is 15.4 Å². The minimum absolute atomic E-state index is 0.211. The Morgan fingerprint density at radius 2 is 1.65 bits per heavy atom. The summed E-state index contributed by atoms with van der Waals surface area (Å²) in [6.07, 6.45) is 0. The van der Waals surface area contributed by atoms with Crippen LogP contribution in [0, 0.1) is 0 Å². The third-order valence-electron chi connectivity index (χ3n) is 3.06. The summed E-state index contributed by atoms with van der Waals surface area (Å²) in [5, 5.41) is 0. The summed E-state index contributed by atoms with van der Waals surface area (Å²) >= 11 is 0. The Hall–Kier alpha value is -2.04. The molecule has 0 saturated carbocycles. The first-order valence-electron chi connectivity index (χ1n) is 6.33. The minimum atomic E-state index is -0.610. The van der Waals surface area contributed by atoms with Crippen LogP contribution in [0.1, 0.15) is 47.1 Å². The number of amides is 2. The van der Waals surface area contributed by atoms with E-state index in [1.807, 2.05) is 20.8 Å². The van der Waals surface area contributed by atoms with Crippen molar-refractivity contribution >= 4 is 11.8 Å². The van der Waals surface area contributed by atoms with Crippen molar-refractivity contribution in [2.45, 2.75) is 26.2 Å². The summed E-state index contributed by atoms with van der Waals surface area (Å²) in [7, 11) is 4.72. The number of nitrogens with two attached hydrogens (primary N) is 1. The molecule has 0 heterocycles. The number of carbonyl (C=O) groups is 2. The van der Waals surface area contributed by atoms with Crippen LogP contribution in [0.2, 0.25) is 0 Å². The molecule has 1 rings (SSSR count). The van der Waals surface area contributed by atoms with Crippen LogP contribution in [0.4, 0.5) is 0 Å². The van der Waals surface area contributed by atoms with Gasteiger partial charge in [0, 0.05) is 14.1 Å². The fourth-order valence-corrected chi connectivity index (χ4v) is 1.86. The zero-order valence-electron chi connectivity index (χ0n) is 12.9. The van der Waals surface area contributed by atoms with Crippen molar-refractivity contribution in [2.24, 2.45) is 5.73 Å². The Balaban J connectivity index is 3.66. The van der Waals surface area contributed by atoms with Crippen LogP contribution < -0.4 is 10.5 Å². The third-order valence-corrected chi connectivity index (χ3v) is 3.06. The molecule has 0 atom stereocenters. The van der Waals surface area contributed by atoms with Gasteiger partial charge in [0.05, 0.1) is 18.2 Å². The molecule has 0 aromatic heterocycles. The van der Waals surface area contributed by atoms with Gasteiger partial charge in [-0.15, -0.1) is 0 Å². The van der Waals surface area contributed by atoms with Gasteiger partial charge in [0.25, 0.3) is 11.8 Å². The average molecular weight is 278 g/mol. The molecule has 0 unspecified atom stereocenters. The van der Waals surface area contributed by atoms with Gasteiger partial charge in [-0.3, -0.25) is 9.59 Å². The van der Waals surface area contributed by atoms with Crippen molar-refractivity contribution in [3.8, 4) is 5.75 Å². The number of hydrogen-bond acceptors (Lipinski definition) is 3. The maximum absolute atomic E-state index is 12.3. The van der Waals surface area contributed by atoms with Gasteiger partial charge in [-0.25, -0.2) is 0 Å². The molecule has 1 aromatic carbocycles. The summed E-state index contributed by atoms with van der Waals surface area (Å²) in [5.41, 5.74) is 6.62. The van der Waals surface area contributed by atoms with E-state index in [-0.39, 0.29) is 22.6 Å². The molecule has 0 aliphatic carbocycles. The molecule has 0 fully saturated rings. The van der Waals surface area contributed by atoms with Crippen LogP contribution in [0.3, 0.4) is 0 Å². The SMILES string of the molecule is COc1c(C(N)=O)cc(C(C)(C)C)cc1C(=O)N(C)C. The summed E-state index contributed by atoms with van der Waals surface area (Å²) in [5.74, 6) is -0.611.